The SMILES string of the molecule is Cc1nn(C(C)C(=O)Nc2cnn(Cc3ccc(Cl)c(Cl)c3)c2)cc1Br. The number of halogens is 3. The molecule has 3 aromatic rings. The lowest BCUT2D eigenvalue weighted by molar-refractivity contribution is -0.119. The number of aromatic nitrogens is 4. The van der Waals surface area contributed by atoms with E-state index in [1.807, 2.05) is 13.0 Å². The molecule has 6 nitrogen and oxygen atoms in total. The first-order valence-corrected chi connectivity index (χ1v) is 9.37. The molecule has 0 aliphatic rings. The van der Waals surface area contributed by atoms with Crippen LogP contribution in [0.1, 0.15) is 24.2 Å². The van der Waals surface area contributed by atoms with Crippen LogP contribution in [0.15, 0.2) is 41.3 Å². The van der Waals surface area contributed by atoms with Crippen LogP contribution in [-0.2, 0) is 11.3 Å². The number of benzene rings is 1. The van der Waals surface area contributed by atoms with Crippen molar-refractivity contribution in [1.82, 2.24) is 19.6 Å². The van der Waals surface area contributed by atoms with Gasteiger partial charge in [0.05, 0.1) is 38.6 Å². The van der Waals surface area contributed by atoms with Gasteiger partial charge in [0.1, 0.15) is 6.04 Å². The minimum absolute atomic E-state index is 0.172. The number of rotatable bonds is 5. The Kier molecular flexibility index (Phi) is 5.70. The van der Waals surface area contributed by atoms with Crippen LogP contribution < -0.4 is 5.32 Å². The highest BCUT2D eigenvalue weighted by Crippen LogP contribution is 2.23. The zero-order valence-corrected chi connectivity index (χ0v) is 17.2. The molecule has 0 fully saturated rings. The van der Waals surface area contributed by atoms with E-state index in [9.17, 15) is 4.79 Å². The summed E-state index contributed by atoms with van der Waals surface area (Å²) < 4.78 is 4.20. The van der Waals surface area contributed by atoms with Gasteiger partial charge in [-0.1, -0.05) is 29.3 Å². The lowest BCUT2D eigenvalue weighted by Gasteiger charge is -2.11. The fourth-order valence-electron chi connectivity index (χ4n) is 2.36. The molecule has 0 saturated carbocycles. The Bertz CT molecular complexity index is 933. The zero-order chi connectivity index (χ0) is 18.8. The molecule has 0 saturated heterocycles. The topological polar surface area (TPSA) is 64.7 Å². The maximum Gasteiger partial charge on any atom is 0.249 e. The van der Waals surface area contributed by atoms with Gasteiger partial charge in [-0.15, -0.1) is 0 Å². The van der Waals surface area contributed by atoms with E-state index >= 15 is 0 Å². The van der Waals surface area contributed by atoms with Crippen LogP contribution in [0.25, 0.3) is 0 Å². The predicted octanol–water partition coefficient (Wildman–Crippen LogP) is 4.71. The molecule has 9 heteroatoms. The largest absolute Gasteiger partial charge is 0.322 e. The summed E-state index contributed by atoms with van der Waals surface area (Å²) in [6.45, 7) is 4.18. The molecule has 1 atom stereocenters. The molecule has 0 radical (unpaired) electrons. The number of nitrogens with zero attached hydrogens (tertiary/aromatic N) is 4. The van der Waals surface area contributed by atoms with Crippen LogP contribution >= 0.6 is 39.1 Å². The highest BCUT2D eigenvalue weighted by molar-refractivity contribution is 9.10. The van der Waals surface area contributed by atoms with Gasteiger partial charge < -0.3 is 5.32 Å². The van der Waals surface area contributed by atoms with Crippen molar-refractivity contribution in [3.05, 3.63) is 62.6 Å². The third-order valence-corrected chi connectivity index (χ3v) is 5.38. The summed E-state index contributed by atoms with van der Waals surface area (Å²) in [6.07, 6.45) is 5.15. The minimum Gasteiger partial charge on any atom is -0.322 e. The Hall–Kier alpha value is -1.83. The Morgan fingerprint density at radius 3 is 2.73 bits per heavy atom. The van der Waals surface area contributed by atoms with Gasteiger partial charge in [-0.25, -0.2) is 0 Å². The van der Waals surface area contributed by atoms with E-state index < -0.39 is 6.04 Å². The fourth-order valence-corrected chi connectivity index (χ4v) is 2.97. The third-order valence-electron chi connectivity index (χ3n) is 3.86. The van der Waals surface area contributed by atoms with Crippen molar-refractivity contribution in [3.63, 3.8) is 0 Å². The second-order valence-electron chi connectivity index (χ2n) is 5.88. The maximum atomic E-state index is 12.4. The van der Waals surface area contributed by atoms with Gasteiger partial charge in [0.15, 0.2) is 0 Å². The summed E-state index contributed by atoms with van der Waals surface area (Å²) in [4.78, 5) is 12.4. The summed E-state index contributed by atoms with van der Waals surface area (Å²) >= 11 is 15.4. The van der Waals surface area contributed by atoms with Gasteiger partial charge >= 0.3 is 0 Å². The third kappa shape index (κ3) is 4.28. The number of carbonyl (C=O) groups is 1. The molecule has 1 aromatic carbocycles. The van der Waals surface area contributed by atoms with Crippen LogP contribution in [0.2, 0.25) is 10.0 Å². The molecule has 2 heterocycles. The Balaban J connectivity index is 1.65. The van der Waals surface area contributed by atoms with Gasteiger partial charge in [-0.05, 0) is 47.5 Å². The van der Waals surface area contributed by atoms with Gasteiger partial charge in [0.25, 0.3) is 0 Å². The van der Waals surface area contributed by atoms with E-state index in [0.717, 1.165) is 15.7 Å². The highest BCUT2D eigenvalue weighted by Gasteiger charge is 2.17. The number of nitrogens with one attached hydrogen (secondary N) is 1. The van der Waals surface area contributed by atoms with E-state index in [0.29, 0.717) is 22.3 Å². The van der Waals surface area contributed by atoms with Gasteiger partial charge in [-0.2, -0.15) is 10.2 Å². The minimum atomic E-state index is -0.446. The normalized spacial score (nSPS) is 12.2. The quantitative estimate of drug-likeness (QED) is 0.604. The molecular weight excluding hydrogens is 441 g/mol. The number of anilines is 1. The summed E-state index contributed by atoms with van der Waals surface area (Å²) in [6, 6.07) is 4.98. The van der Waals surface area contributed by atoms with Crippen LogP contribution in [-0.4, -0.2) is 25.5 Å². The van der Waals surface area contributed by atoms with Gasteiger partial charge in [0.2, 0.25) is 5.91 Å². The Morgan fingerprint density at radius 2 is 2.08 bits per heavy atom. The highest BCUT2D eigenvalue weighted by atomic mass is 79.9. The van der Waals surface area contributed by atoms with Crippen LogP contribution in [0.3, 0.4) is 0 Å². The predicted molar refractivity (Wildman–Crippen MR) is 106 cm³/mol. The smallest absolute Gasteiger partial charge is 0.249 e. The van der Waals surface area contributed by atoms with Crippen molar-refractivity contribution in [3.8, 4) is 0 Å². The second kappa shape index (κ2) is 7.82. The van der Waals surface area contributed by atoms with E-state index in [4.69, 9.17) is 23.2 Å². The summed E-state index contributed by atoms with van der Waals surface area (Å²) in [5, 5.41) is 12.4. The first kappa shape index (κ1) is 18.9. The average Bonchev–Trinajstić information content (AvgIpc) is 3.17. The van der Waals surface area contributed by atoms with Crippen molar-refractivity contribution in [2.24, 2.45) is 0 Å². The number of hydrogen-bond donors (Lipinski definition) is 1. The molecule has 26 heavy (non-hydrogen) atoms. The monoisotopic (exact) mass is 455 g/mol. The Labute approximate surface area is 169 Å². The molecule has 1 amide bonds. The number of amides is 1. The molecule has 0 bridgehead atoms. The van der Waals surface area contributed by atoms with Crippen molar-refractivity contribution < 1.29 is 4.79 Å². The number of carbonyl (C=O) groups excluding carboxylic acids is 1. The van der Waals surface area contributed by atoms with Crippen molar-refractivity contribution in [2.75, 3.05) is 5.32 Å². The molecule has 0 aliphatic carbocycles. The summed E-state index contributed by atoms with van der Waals surface area (Å²) in [5.74, 6) is -0.172. The van der Waals surface area contributed by atoms with Gasteiger partial charge in [-0.3, -0.25) is 14.2 Å². The lowest BCUT2D eigenvalue weighted by atomic mass is 10.2. The van der Waals surface area contributed by atoms with E-state index in [2.05, 4.69) is 31.4 Å². The molecule has 0 spiro atoms. The van der Waals surface area contributed by atoms with Crippen LogP contribution in [0, 0.1) is 6.92 Å². The lowest BCUT2D eigenvalue weighted by Crippen LogP contribution is -2.23. The molecule has 3 rings (SSSR count). The first-order chi connectivity index (χ1) is 12.3. The molecule has 136 valence electrons. The van der Waals surface area contributed by atoms with Crippen LogP contribution in [0.5, 0.6) is 0 Å². The van der Waals surface area contributed by atoms with Crippen molar-refractivity contribution in [2.45, 2.75) is 26.4 Å². The maximum absolute atomic E-state index is 12.4. The molecule has 2 aromatic heterocycles. The fraction of sp³-hybridized carbons (Fsp3) is 0.235. The van der Waals surface area contributed by atoms with E-state index in [-0.39, 0.29) is 5.91 Å². The molecule has 0 aliphatic heterocycles. The second-order valence-corrected chi connectivity index (χ2v) is 7.55. The van der Waals surface area contributed by atoms with E-state index in [1.54, 1.807) is 47.0 Å². The Morgan fingerprint density at radius 1 is 1.31 bits per heavy atom. The summed E-state index contributed by atoms with van der Waals surface area (Å²) in [5.41, 5.74) is 2.41. The van der Waals surface area contributed by atoms with Gasteiger partial charge in [0, 0.05) is 12.4 Å². The number of hydrogen-bond acceptors (Lipinski definition) is 3. The van der Waals surface area contributed by atoms with E-state index in [1.165, 1.54) is 0 Å². The number of aryl methyl sites for hydroxylation is 1. The van der Waals surface area contributed by atoms with Crippen molar-refractivity contribution in [1.29, 1.82) is 0 Å². The van der Waals surface area contributed by atoms with Crippen LogP contribution in [0.4, 0.5) is 5.69 Å². The summed E-state index contributed by atoms with van der Waals surface area (Å²) in [7, 11) is 0. The zero-order valence-electron chi connectivity index (χ0n) is 14.1. The average molecular weight is 457 g/mol. The van der Waals surface area contributed by atoms with Crippen molar-refractivity contribution >= 4 is 50.7 Å². The standard InChI is InChI=1S/C17H16BrCl2N5O/c1-10-14(18)9-25(23-10)11(2)17(26)22-13-6-21-24(8-13)7-12-3-4-15(19)16(20)5-12/h3-6,8-9,11H,7H2,1-2H3,(H,22,26). The molecule has 1 unspecified atom stereocenters. The molecule has 1 N–H and O–H groups in total. The first-order valence-electron chi connectivity index (χ1n) is 7.82. The molecular formula is C17H16BrCl2N5O.